The molecule has 0 saturated heterocycles. The molecule has 5 heteroatoms. The Kier molecular flexibility index (Phi) is 3.27. The van der Waals surface area contributed by atoms with Crippen LogP contribution in [-0.4, -0.2) is 10.8 Å². The van der Waals surface area contributed by atoms with Crippen molar-refractivity contribution in [1.82, 2.24) is 4.98 Å². The maximum absolute atomic E-state index is 11.7. The molecule has 0 atom stereocenters. The Morgan fingerprint density at radius 2 is 2.18 bits per heavy atom. The molecular formula is C17H13NO3S. The third-order valence-corrected chi connectivity index (χ3v) is 4.55. The number of hydrogen-bond acceptors (Lipinski definition) is 5. The Balaban J connectivity index is 1.51. The fraction of sp³-hybridized carbons (Fsp3) is 0.176. The minimum atomic E-state index is 0.196. The van der Waals surface area contributed by atoms with Gasteiger partial charge in [0, 0.05) is 17.5 Å². The molecule has 0 radical (unpaired) electrons. The Hall–Kier alpha value is -2.40. The van der Waals surface area contributed by atoms with E-state index < -0.39 is 0 Å². The zero-order valence-corrected chi connectivity index (χ0v) is 12.6. The summed E-state index contributed by atoms with van der Waals surface area (Å²) in [6.45, 7) is 0.333. The van der Waals surface area contributed by atoms with Crippen LogP contribution in [0.3, 0.4) is 0 Å². The normalized spacial score (nSPS) is 13.4. The van der Waals surface area contributed by atoms with Crippen LogP contribution in [0.25, 0.3) is 10.8 Å². The Morgan fingerprint density at radius 1 is 1.23 bits per heavy atom. The predicted octanol–water partition coefficient (Wildman–Crippen LogP) is 4.11. The first-order valence-electron chi connectivity index (χ1n) is 7.07. The highest BCUT2D eigenvalue weighted by Gasteiger charge is 2.22. The lowest BCUT2D eigenvalue weighted by Gasteiger charge is -2.08. The van der Waals surface area contributed by atoms with Gasteiger partial charge in [-0.3, -0.25) is 4.79 Å². The standard InChI is InChI=1S/C17H13NO3S/c19-14-7-6-13-12(14)3-1-4-15(13)20-9-11-10-21-17(18-11)16-5-2-8-22-16/h1-5,8,10H,6-7,9H2. The van der Waals surface area contributed by atoms with E-state index in [0.29, 0.717) is 18.9 Å². The van der Waals surface area contributed by atoms with E-state index in [-0.39, 0.29) is 5.78 Å². The van der Waals surface area contributed by atoms with Gasteiger partial charge in [0.25, 0.3) is 0 Å². The molecule has 110 valence electrons. The lowest BCUT2D eigenvalue weighted by Crippen LogP contribution is -1.99. The van der Waals surface area contributed by atoms with Crippen molar-refractivity contribution in [3.05, 3.63) is 58.8 Å². The summed E-state index contributed by atoms with van der Waals surface area (Å²) in [7, 11) is 0. The van der Waals surface area contributed by atoms with Gasteiger partial charge in [-0.2, -0.15) is 0 Å². The average molecular weight is 311 g/mol. The van der Waals surface area contributed by atoms with Crippen molar-refractivity contribution < 1.29 is 13.9 Å². The molecule has 0 amide bonds. The van der Waals surface area contributed by atoms with Gasteiger partial charge >= 0.3 is 0 Å². The number of carbonyl (C=O) groups is 1. The van der Waals surface area contributed by atoms with Crippen molar-refractivity contribution in [3.8, 4) is 16.5 Å². The fourth-order valence-corrected chi connectivity index (χ4v) is 3.29. The molecule has 2 aromatic heterocycles. The van der Waals surface area contributed by atoms with E-state index in [1.807, 2.05) is 35.7 Å². The summed E-state index contributed by atoms with van der Waals surface area (Å²) < 4.78 is 11.3. The highest BCUT2D eigenvalue weighted by molar-refractivity contribution is 7.13. The quantitative estimate of drug-likeness (QED) is 0.727. The summed E-state index contributed by atoms with van der Waals surface area (Å²) in [5.74, 6) is 1.58. The molecule has 1 aliphatic carbocycles. The van der Waals surface area contributed by atoms with Crippen LogP contribution in [0, 0.1) is 0 Å². The van der Waals surface area contributed by atoms with Crippen LogP contribution in [0.5, 0.6) is 5.75 Å². The number of oxazole rings is 1. The van der Waals surface area contributed by atoms with Gasteiger partial charge in [0.05, 0.1) is 4.88 Å². The van der Waals surface area contributed by atoms with E-state index in [9.17, 15) is 4.79 Å². The number of benzene rings is 1. The molecular weight excluding hydrogens is 298 g/mol. The number of hydrogen-bond donors (Lipinski definition) is 0. The minimum absolute atomic E-state index is 0.196. The van der Waals surface area contributed by atoms with Crippen molar-refractivity contribution in [2.75, 3.05) is 0 Å². The molecule has 0 saturated carbocycles. The maximum Gasteiger partial charge on any atom is 0.236 e. The van der Waals surface area contributed by atoms with E-state index in [0.717, 1.165) is 33.9 Å². The van der Waals surface area contributed by atoms with Crippen molar-refractivity contribution in [3.63, 3.8) is 0 Å². The Labute approximate surface area is 131 Å². The van der Waals surface area contributed by atoms with Crippen molar-refractivity contribution in [1.29, 1.82) is 0 Å². The molecule has 0 spiro atoms. The van der Waals surface area contributed by atoms with Crippen molar-refractivity contribution in [2.24, 2.45) is 0 Å². The third-order valence-electron chi connectivity index (χ3n) is 3.69. The highest BCUT2D eigenvalue weighted by Crippen LogP contribution is 2.31. The summed E-state index contributed by atoms with van der Waals surface area (Å²) in [6.07, 6.45) is 2.94. The van der Waals surface area contributed by atoms with Crippen LogP contribution >= 0.6 is 11.3 Å². The first kappa shape index (κ1) is 13.3. The summed E-state index contributed by atoms with van der Waals surface area (Å²) >= 11 is 1.59. The molecule has 1 aliphatic rings. The van der Waals surface area contributed by atoms with Gasteiger partial charge < -0.3 is 9.15 Å². The Morgan fingerprint density at radius 3 is 3.05 bits per heavy atom. The van der Waals surface area contributed by atoms with Crippen LogP contribution in [0.4, 0.5) is 0 Å². The van der Waals surface area contributed by atoms with Crippen molar-refractivity contribution >= 4 is 17.1 Å². The third kappa shape index (κ3) is 2.33. The molecule has 1 aromatic carbocycles. The second kappa shape index (κ2) is 5.42. The summed E-state index contributed by atoms with van der Waals surface area (Å²) in [4.78, 5) is 17.2. The molecule has 22 heavy (non-hydrogen) atoms. The number of aromatic nitrogens is 1. The van der Waals surface area contributed by atoms with Gasteiger partial charge in [-0.15, -0.1) is 11.3 Å². The van der Waals surface area contributed by atoms with Crippen LogP contribution in [0.2, 0.25) is 0 Å². The number of ether oxygens (including phenoxy) is 1. The largest absolute Gasteiger partial charge is 0.487 e. The lowest BCUT2D eigenvalue weighted by atomic mass is 10.1. The van der Waals surface area contributed by atoms with Gasteiger partial charge in [0.15, 0.2) is 5.78 Å². The number of ketones is 1. The summed E-state index contributed by atoms with van der Waals surface area (Å²) in [6, 6.07) is 9.55. The van der Waals surface area contributed by atoms with Gasteiger partial charge in [-0.1, -0.05) is 18.2 Å². The minimum Gasteiger partial charge on any atom is -0.487 e. The van der Waals surface area contributed by atoms with Gasteiger partial charge in [0.2, 0.25) is 5.89 Å². The van der Waals surface area contributed by atoms with Crippen molar-refractivity contribution in [2.45, 2.75) is 19.4 Å². The molecule has 0 unspecified atom stereocenters. The van der Waals surface area contributed by atoms with Crippen LogP contribution in [0.15, 0.2) is 46.4 Å². The smallest absolute Gasteiger partial charge is 0.236 e. The number of Topliss-reactive ketones (excluding diaryl/α,β-unsaturated/α-hetero) is 1. The van der Waals surface area contributed by atoms with Gasteiger partial charge in [-0.25, -0.2) is 4.98 Å². The number of fused-ring (bicyclic) bond motifs is 1. The molecule has 0 N–H and O–H groups in total. The number of rotatable bonds is 4. The van der Waals surface area contributed by atoms with Crippen LogP contribution < -0.4 is 4.74 Å². The second-order valence-electron chi connectivity index (χ2n) is 5.12. The van der Waals surface area contributed by atoms with Crippen LogP contribution in [-0.2, 0) is 13.0 Å². The molecule has 0 bridgehead atoms. The van der Waals surface area contributed by atoms with E-state index >= 15 is 0 Å². The van der Waals surface area contributed by atoms with E-state index in [1.54, 1.807) is 17.6 Å². The Bertz CT molecular complexity index is 820. The van der Waals surface area contributed by atoms with E-state index in [4.69, 9.17) is 9.15 Å². The number of nitrogens with zero attached hydrogens (tertiary/aromatic N) is 1. The van der Waals surface area contributed by atoms with E-state index in [1.165, 1.54) is 0 Å². The molecule has 0 fully saturated rings. The fourth-order valence-electron chi connectivity index (χ4n) is 2.63. The second-order valence-corrected chi connectivity index (χ2v) is 6.06. The maximum atomic E-state index is 11.7. The first-order chi connectivity index (χ1) is 10.8. The topological polar surface area (TPSA) is 52.3 Å². The van der Waals surface area contributed by atoms with E-state index in [2.05, 4.69) is 4.98 Å². The summed E-state index contributed by atoms with van der Waals surface area (Å²) in [5, 5.41) is 1.99. The number of thiophene rings is 1. The SMILES string of the molecule is O=C1CCc2c(OCc3coc(-c4cccs4)n3)cccc21. The van der Waals surface area contributed by atoms with Crippen LogP contribution in [0.1, 0.15) is 28.0 Å². The summed E-state index contributed by atoms with van der Waals surface area (Å²) in [5.41, 5.74) is 2.54. The number of carbonyl (C=O) groups excluding carboxylic acids is 1. The lowest BCUT2D eigenvalue weighted by molar-refractivity contribution is 0.0994. The molecule has 3 aromatic rings. The monoisotopic (exact) mass is 311 g/mol. The van der Waals surface area contributed by atoms with Gasteiger partial charge in [-0.05, 0) is 23.9 Å². The zero-order chi connectivity index (χ0) is 14.9. The highest BCUT2D eigenvalue weighted by atomic mass is 32.1. The molecule has 2 heterocycles. The predicted molar refractivity (Wildman–Crippen MR) is 83.2 cm³/mol. The molecule has 0 aliphatic heterocycles. The average Bonchev–Trinajstić information content (AvgIpc) is 3.26. The molecule has 4 nitrogen and oxygen atoms in total. The zero-order valence-electron chi connectivity index (χ0n) is 11.7. The molecule has 4 rings (SSSR count). The van der Waals surface area contributed by atoms with Gasteiger partial charge in [0.1, 0.15) is 24.3 Å². The first-order valence-corrected chi connectivity index (χ1v) is 7.95.